The number of ether oxygens (including phenoxy) is 1. The van der Waals surface area contributed by atoms with Gasteiger partial charge in [-0.3, -0.25) is 10.1 Å². The summed E-state index contributed by atoms with van der Waals surface area (Å²) in [6.45, 7) is 6.05. The number of hydrogen-bond acceptors (Lipinski definition) is 5. The minimum atomic E-state index is -0.412. The third-order valence-corrected chi connectivity index (χ3v) is 3.41. The Balaban J connectivity index is 2.31. The summed E-state index contributed by atoms with van der Waals surface area (Å²) >= 11 is 0. The fourth-order valence-electron chi connectivity index (χ4n) is 2.30. The molecule has 1 aliphatic heterocycles. The van der Waals surface area contributed by atoms with Gasteiger partial charge >= 0.3 is 5.69 Å². The Morgan fingerprint density at radius 3 is 2.89 bits per heavy atom. The molecule has 1 unspecified atom stereocenters. The van der Waals surface area contributed by atoms with Gasteiger partial charge in [0.05, 0.1) is 17.6 Å². The van der Waals surface area contributed by atoms with Gasteiger partial charge in [-0.1, -0.05) is 19.9 Å². The van der Waals surface area contributed by atoms with Crippen LogP contribution in [0.1, 0.15) is 13.8 Å². The Morgan fingerprint density at radius 1 is 1.53 bits per heavy atom. The molecular formula is C13H19N3O3. The molecule has 0 aromatic heterocycles. The molecule has 2 rings (SSSR count). The Bertz CT molecular complexity index is 476. The van der Waals surface area contributed by atoms with E-state index in [1.54, 1.807) is 18.2 Å². The number of rotatable bonds is 3. The zero-order valence-electron chi connectivity index (χ0n) is 11.2. The minimum absolute atomic E-state index is 0.00749. The first-order valence-electron chi connectivity index (χ1n) is 6.40. The average molecular weight is 265 g/mol. The lowest BCUT2D eigenvalue weighted by atomic mass is 10.0. The lowest BCUT2D eigenvalue weighted by Gasteiger charge is -2.36. The van der Waals surface area contributed by atoms with Crippen molar-refractivity contribution in [3.05, 3.63) is 28.3 Å². The summed E-state index contributed by atoms with van der Waals surface area (Å²) in [5.74, 6) is 0.378. The number of para-hydroxylation sites is 1. The van der Waals surface area contributed by atoms with Crippen molar-refractivity contribution in [3.8, 4) is 0 Å². The third-order valence-electron chi connectivity index (χ3n) is 3.41. The van der Waals surface area contributed by atoms with E-state index in [2.05, 4.69) is 13.8 Å². The summed E-state index contributed by atoms with van der Waals surface area (Å²) in [4.78, 5) is 12.7. The second-order valence-electron chi connectivity index (χ2n) is 5.07. The molecule has 0 aliphatic carbocycles. The van der Waals surface area contributed by atoms with E-state index in [0.717, 1.165) is 0 Å². The van der Waals surface area contributed by atoms with Crippen molar-refractivity contribution in [2.24, 2.45) is 5.92 Å². The molecule has 6 nitrogen and oxygen atoms in total. The Morgan fingerprint density at radius 2 is 2.26 bits per heavy atom. The molecule has 19 heavy (non-hydrogen) atoms. The molecule has 1 aliphatic rings. The molecule has 0 radical (unpaired) electrons. The molecule has 1 saturated heterocycles. The Hall–Kier alpha value is -1.82. The average Bonchev–Trinajstić information content (AvgIpc) is 2.38. The quantitative estimate of drug-likeness (QED) is 0.514. The van der Waals surface area contributed by atoms with Crippen molar-refractivity contribution < 1.29 is 9.66 Å². The number of nitro groups is 1. The van der Waals surface area contributed by atoms with E-state index in [1.165, 1.54) is 0 Å². The maximum absolute atomic E-state index is 11.2. The molecule has 0 saturated carbocycles. The van der Waals surface area contributed by atoms with Gasteiger partial charge in [0.25, 0.3) is 0 Å². The number of hydrogen-bond donors (Lipinski definition) is 1. The first-order chi connectivity index (χ1) is 9.00. The van der Waals surface area contributed by atoms with Gasteiger partial charge in [0.15, 0.2) is 0 Å². The monoisotopic (exact) mass is 265 g/mol. The highest BCUT2D eigenvalue weighted by atomic mass is 16.6. The first-order valence-corrected chi connectivity index (χ1v) is 6.40. The van der Waals surface area contributed by atoms with Crippen LogP contribution >= 0.6 is 0 Å². The van der Waals surface area contributed by atoms with Crippen molar-refractivity contribution in [2.45, 2.75) is 20.0 Å². The molecule has 1 fully saturated rings. The molecule has 104 valence electrons. The number of nitrogen functional groups attached to an aromatic ring is 1. The molecule has 1 heterocycles. The van der Waals surface area contributed by atoms with Crippen LogP contribution in [-0.4, -0.2) is 30.7 Å². The van der Waals surface area contributed by atoms with Gasteiger partial charge in [0.1, 0.15) is 11.4 Å². The van der Waals surface area contributed by atoms with Gasteiger partial charge in [-0.2, -0.15) is 0 Å². The van der Waals surface area contributed by atoms with Crippen LogP contribution in [0.15, 0.2) is 18.2 Å². The smallest absolute Gasteiger partial charge is 0.315 e. The van der Waals surface area contributed by atoms with E-state index in [0.29, 0.717) is 31.3 Å². The van der Waals surface area contributed by atoms with Crippen molar-refractivity contribution >= 4 is 17.1 Å². The van der Waals surface area contributed by atoms with Crippen LogP contribution in [0.25, 0.3) is 0 Å². The highest BCUT2D eigenvalue weighted by molar-refractivity contribution is 5.75. The Kier molecular flexibility index (Phi) is 3.90. The van der Waals surface area contributed by atoms with Gasteiger partial charge in [-0.25, -0.2) is 0 Å². The van der Waals surface area contributed by atoms with Crippen LogP contribution in [0.4, 0.5) is 17.1 Å². The van der Waals surface area contributed by atoms with Crippen molar-refractivity contribution in [1.82, 2.24) is 0 Å². The zero-order valence-corrected chi connectivity index (χ0v) is 11.2. The van der Waals surface area contributed by atoms with Gasteiger partial charge in [-0.15, -0.1) is 0 Å². The van der Waals surface area contributed by atoms with E-state index in [4.69, 9.17) is 10.5 Å². The van der Waals surface area contributed by atoms with E-state index in [9.17, 15) is 10.1 Å². The molecule has 1 aromatic carbocycles. The molecule has 0 amide bonds. The maximum atomic E-state index is 11.2. The van der Waals surface area contributed by atoms with Crippen LogP contribution in [0, 0.1) is 16.0 Å². The molecule has 2 N–H and O–H groups in total. The number of benzene rings is 1. The standard InChI is InChI=1S/C13H19N3O3/c1-9(2)12-8-15(6-7-19-12)11-5-3-4-10(14)13(11)16(17)18/h3-5,9,12H,6-8,14H2,1-2H3. The van der Waals surface area contributed by atoms with Gasteiger partial charge in [0.2, 0.25) is 0 Å². The van der Waals surface area contributed by atoms with Crippen LogP contribution in [0.3, 0.4) is 0 Å². The summed E-state index contributed by atoms with van der Waals surface area (Å²) in [7, 11) is 0. The molecular weight excluding hydrogens is 246 g/mol. The number of nitrogens with two attached hydrogens (primary N) is 1. The Labute approximate surface area is 112 Å². The number of anilines is 2. The number of nitro benzene ring substituents is 1. The fraction of sp³-hybridized carbons (Fsp3) is 0.538. The highest BCUT2D eigenvalue weighted by Crippen LogP contribution is 2.34. The molecule has 6 heteroatoms. The van der Waals surface area contributed by atoms with Crippen LogP contribution in [0.5, 0.6) is 0 Å². The lowest BCUT2D eigenvalue weighted by Crippen LogP contribution is -2.45. The SMILES string of the molecule is CC(C)C1CN(c2cccc(N)c2[N+](=O)[O-])CCO1. The predicted octanol–water partition coefficient (Wildman–Crippen LogP) is 2.04. The molecule has 0 spiro atoms. The lowest BCUT2D eigenvalue weighted by molar-refractivity contribution is -0.383. The van der Waals surface area contributed by atoms with Gasteiger partial charge in [0, 0.05) is 13.1 Å². The first kappa shape index (κ1) is 13.6. The molecule has 0 bridgehead atoms. The van der Waals surface area contributed by atoms with Gasteiger partial charge < -0.3 is 15.4 Å². The molecule has 1 aromatic rings. The fourth-order valence-corrected chi connectivity index (χ4v) is 2.30. The van der Waals surface area contributed by atoms with E-state index >= 15 is 0 Å². The summed E-state index contributed by atoms with van der Waals surface area (Å²) in [5, 5.41) is 11.2. The summed E-state index contributed by atoms with van der Waals surface area (Å²) in [6, 6.07) is 5.05. The van der Waals surface area contributed by atoms with Crippen LogP contribution < -0.4 is 10.6 Å². The van der Waals surface area contributed by atoms with E-state index < -0.39 is 4.92 Å². The van der Waals surface area contributed by atoms with Crippen LogP contribution in [-0.2, 0) is 4.74 Å². The number of nitrogens with zero attached hydrogens (tertiary/aromatic N) is 2. The minimum Gasteiger partial charge on any atom is -0.393 e. The largest absolute Gasteiger partial charge is 0.393 e. The van der Waals surface area contributed by atoms with E-state index in [1.807, 2.05) is 4.90 Å². The van der Waals surface area contributed by atoms with Crippen molar-refractivity contribution in [1.29, 1.82) is 0 Å². The maximum Gasteiger partial charge on any atom is 0.315 e. The van der Waals surface area contributed by atoms with E-state index in [-0.39, 0.29) is 17.5 Å². The zero-order chi connectivity index (χ0) is 14.0. The second-order valence-corrected chi connectivity index (χ2v) is 5.07. The summed E-state index contributed by atoms with van der Waals surface area (Å²) in [6.07, 6.45) is 0.0924. The van der Waals surface area contributed by atoms with Crippen LogP contribution in [0.2, 0.25) is 0 Å². The summed E-state index contributed by atoms with van der Waals surface area (Å²) in [5.41, 5.74) is 6.50. The number of morpholine rings is 1. The van der Waals surface area contributed by atoms with Gasteiger partial charge in [-0.05, 0) is 18.1 Å². The third kappa shape index (κ3) is 2.78. The molecule has 1 atom stereocenters. The van der Waals surface area contributed by atoms with Crippen molar-refractivity contribution in [2.75, 3.05) is 30.3 Å². The van der Waals surface area contributed by atoms with Crippen molar-refractivity contribution in [3.63, 3.8) is 0 Å². The second kappa shape index (κ2) is 5.44. The highest BCUT2D eigenvalue weighted by Gasteiger charge is 2.28. The normalized spacial score (nSPS) is 19.7. The summed E-state index contributed by atoms with van der Waals surface area (Å²) < 4.78 is 5.68. The predicted molar refractivity (Wildman–Crippen MR) is 74.3 cm³/mol. The topological polar surface area (TPSA) is 81.6 Å².